The molecular weight excluding hydrogens is 382 g/mol. The number of benzene rings is 3. The van der Waals surface area contributed by atoms with Crippen LogP contribution in [-0.2, 0) is 13.0 Å². The number of aromatic carboxylic acids is 1. The zero-order valence-electron chi connectivity index (χ0n) is 17.1. The van der Waals surface area contributed by atoms with Gasteiger partial charge >= 0.3 is 5.97 Å². The van der Waals surface area contributed by atoms with Gasteiger partial charge in [-0.15, -0.1) is 0 Å². The molecule has 3 aromatic rings. The van der Waals surface area contributed by atoms with Crippen molar-refractivity contribution in [3.8, 4) is 17.2 Å². The lowest BCUT2D eigenvalue weighted by Gasteiger charge is -2.14. The molecule has 30 heavy (non-hydrogen) atoms. The zero-order valence-corrected chi connectivity index (χ0v) is 17.1. The lowest BCUT2D eigenvalue weighted by atomic mass is 10.1. The van der Waals surface area contributed by atoms with Gasteiger partial charge in [-0.2, -0.15) is 0 Å². The van der Waals surface area contributed by atoms with Gasteiger partial charge in [0.25, 0.3) is 0 Å². The van der Waals surface area contributed by atoms with Crippen molar-refractivity contribution < 1.29 is 24.1 Å². The Bertz CT molecular complexity index is 988. The maximum Gasteiger partial charge on any atom is 0.335 e. The molecule has 0 radical (unpaired) electrons. The van der Waals surface area contributed by atoms with E-state index in [1.807, 2.05) is 36.4 Å². The fourth-order valence-corrected chi connectivity index (χ4v) is 3.04. The van der Waals surface area contributed by atoms with Gasteiger partial charge in [0.15, 0.2) is 11.5 Å². The van der Waals surface area contributed by atoms with Gasteiger partial charge in [0.05, 0.1) is 32.1 Å². The summed E-state index contributed by atoms with van der Waals surface area (Å²) in [6.45, 7) is 1.03. The standard InChI is InChI=1S/C24H25NO5/c1-28-21-11-9-19(24(26)27)15-20(21)25-16-18-8-10-22(23(14-18)29-2)30-13-12-17-6-4-3-5-7-17/h3-11,14-15,25H,12-13,16H2,1-2H3,(H,26,27). The van der Waals surface area contributed by atoms with E-state index in [4.69, 9.17) is 14.2 Å². The van der Waals surface area contributed by atoms with Gasteiger partial charge in [0, 0.05) is 13.0 Å². The quantitative estimate of drug-likeness (QED) is 0.510. The van der Waals surface area contributed by atoms with E-state index in [1.165, 1.54) is 11.6 Å². The first kappa shape index (κ1) is 21.0. The van der Waals surface area contributed by atoms with Gasteiger partial charge in [0.2, 0.25) is 0 Å². The number of carboxylic acid groups (broad SMARTS) is 1. The first-order valence-electron chi connectivity index (χ1n) is 9.59. The Morgan fingerprint density at radius 1 is 0.867 bits per heavy atom. The highest BCUT2D eigenvalue weighted by Crippen LogP contribution is 2.30. The summed E-state index contributed by atoms with van der Waals surface area (Å²) in [4.78, 5) is 11.2. The number of carboxylic acids is 1. The van der Waals surface area contributed by atoms with Crippen molar-refractivity contribution >= 4 is 11.7 Å². The van der Waals surface area contributed by atoms with Crippen LogP contribution in [0.1, 0.15) is 21.5 Å². The van der Waals surface area contributed by atoms with Crippen molar-refractivity contribution in [2.24, 2.45) is 0 Å². The van der Waals surface area contributed by atoms with E-state index in [0.29, 0.717) is 36.1 Å². The Morgan fingerprint density at radius 3 is 2.30 bits per heavy atom. The molecule has 0 saturated heterocycles. The average Bonchev–Trinajstić information content (AvgIpc) is 2.78. The van der Waals surface area contributed by atoms with E-state index < -0.39 is 5.97 Å². The number of hydrogen-bond donors (Lipinski definition) is 2. The average molecular weight is 407 g/mol. The minimum atomic E-state index is -0.987. The van der Waals surface area contributed by atoms with Crippen LogP contribution in [0.2, 0.25) is 0 Å². The molecule has 3 rings (SSSR count). The lowest BCUT2D eigenvalue weighted by Crippen LogP contribution is -2.05. The second kappa shape index (κ2) is 10.2. The predicted molar refractivity (Wildman–Crippen MR) is 116 cm³/mol. The molecule has 3 aromatic carbocycles. The number of rotatable bonds is 10. The van der Waals surface area contributed by atoms with Crippen LogP contribution in [0.5, 0.6) is 17.2 Å². The van der Waals surface area contributed by atoms with E-state index in [9.17, 15) is 9.90 Å². The number of ether oxygens (including phenoxy) is 3. The third-order valence-electron chi connectivity index (χ3n) is 4.65. The Hall–Kier alpha value is -3.67. The van der Waals surface area contributed by atoms with E-state index in [1.54, 1.807) is 26.4 Å². The predicted octanol–water partition coefficient (Wildman–Crippen LogP) is 4.64. The Labute approximate surface area is 176 Å². The second-order valence-corrected chi connectivity index (χ2v) is 6.64. The van der Waals surface area contributed by atoms with Gasteiger partial charge in [-0.25, -0.2) is 4.79 Å². The van der Waals surface area contributed by atoms with Crippen LogP contribution in [0.25, 0.3) is 0 Å². The van der Waals surface area contributed by atoms with E-state index in [2.05, 4.69) is 17.4 Å². The molecule has 156 valence electrons. The zero-order chi connectivity index (χ0) is 21.3. The third kappa shape index (κ3) is 5.44. The molecule has 0 aromatic heterocycles. The highest BCUT2D eigenvalue weighted by Gasteiger charge is 2.10. The van der Waals surface area contributed by atoms with Crippen LogP contribution in [0.3, 0.4) is 0 Å². The summed E-state index contributed by atoms with van der Waals surface area (Å²) in [6, 6.07) is 20.6. The molecule has 0 saturated carbocycles. The molecule has 2 N–H and O–H groups in total. The number of hydrogen-bond acceptors (Lipinski definition) is 5. The molecule has 0 fully saturated rings. The molecule has 0 heterocycles. The fraction of sp³-hybridized carbons (Fsp3) is 0.208. The first-order valence-corrected chi connectivity index (χ1v) is 9.59. The molecule has 0 aliphatic rings. The van der Waals surface area contributed by atoms with Crippen molar-refractivity contribution in [1.82, 2.24) is 0 Å². The van der Waals surface area contributed by atoms with Crippen LogP contribution < -0.4 is 19.5 Å². The normalized spacial score (nSPS) is 10.3. The minimum absolute atomic E-state index is 0.193. The monoisotopic (exact) mass is 407 g/mol. The smallest absolute Gasteiger partial charge is 0.335 e. The number of anilines is 1. The van der Waals surface area contributed by atoms with Crippen LogP contribution in [0, 0.1) is 0 Å². The van der Waals surface area contributed by atoms with Crippen molar-refractivity contribution in [2.45, 2.75) is 13.0 Å². The van der Waals surface area contributed by atoms with Crippen molar-refractivity contribution in [2.75, 3.05) is 26.1 Å². The van der Waals surface area contributed by atoms with E-state index in [0.717, 1.165) is 12.0 Å². The molecule has 0 spiro atoms. The fourth-order valence-electron chi connectivity index (χ4n) is 3.04. The minimum Gasteiger partial charge on any atom is -0.495 e. The maximum absolute atomic E-state index is 11.2. The van der Waals surface area contributed by atoms with Crippen molar-refractivity contribution in [3.63, 3.8) is 0 Å². The van der Waals surface area contributed by atoms with Gasteiger partial charge in [-0.05, 0) is 41.5 Å². The molecule has 0 aliphatic carbocycles. The lowest BCUT2D eigenvalue weighted by molar-refractivity contribution is 0.0697. The van der Waals surface area contributed by atoms with Gasteiger partial charge < -0.3 is 24.6 Å². The summed E-state index contributed by atoms with van der Waals surface area (Å²) < 4.78 is 16.7. The molecule has 0 amide bonds. The summed E-state index contributed by atoms with van der Waals surface area (Å²) in [5.74, 6) is 0.920. The third-order valence-corrected chi connectivity index (χ3v) is 4.65. The molecule has 6 heteroatoms. The molecular formula is C24H25NO5. The molecule has 0 atom stereocenters. The Morgan fingerprint density at radius 2 is 1.60 bits per heavy atom. The summed E-state index contributed by atoms with van der Waals surface area (Å²) >= 11 is 0. The Balaban J connectivity index is 1.65. The van der Waals surface area contributed by atoms with Crippen LogP contribution in [0.15, 0.2) is 66.7 Å². The molecule has 0 bridgehead atoms. The SMILES string of the molecule is COc1ccc(C(=O)O)cc1NCc1ccc(OCCc2ccccc2)c(OC)c1. The second-order valence-electron chi connectivity index (χ2n) is 6.64. The van der Waals surface area contributed by atoms with E-state index in [-0.39, 0.29) is 5.56 Å². The highest BCUT2D eigenvalue weighted by molar-refractivity contribution is 5.89. The van der Waals surface area contributed by atoms with Crippen LogP contribution >= 0.6 is 0 Å². The summed E-state index contributed by atoms with van der Waals surface area (Å²) in [5.41, 5.74) is 2.98. The largest absolute Gasteiger partial charge is 0.495 e. The summed E-state index contributed by atoms with van der Waals surface area (Å²) in [6.07, 6.45) is 0.813. The number of nitrogens with one attached hydrogen (secondary N) is 1. The number of methoxy groups -OCH3 is 2. The van der Waals surface area contributed by atoms with Crippen LogP contribution in [-0.4, -0.2) is 31.9 Å². The number of carbonyl (C=O) groups is 1. The van der Waals surface area contributed by atoms with Gasteiger partial charge in [0.1, 0.15) is 5.75 Å². The van der Waals surface area contributed by atoms with Gasteiger partial charge in [-0.1, -0.05) is 36.4 Å². The maximum atomic E-state index is 11.2. The van der Waals surface area contributed by atoms with Crippen LogP contribution in [0.4, 0.5) is 5.69 Å². The molecule has 6 nitrogen and oxygen atoms in total. The molecule has 0 unspecified atom stereocenters. The first-order chi connectivity index (χ1) is 14.6. The summed E-state index contributed by atoms with van der Waals surface area (Å²) in [7, 11) is 3.15. The highest BCUT2D eigenvalue weighted by atomic mass is 16.5. The Kier molecular flexibility index (Phi) is 7.16. The van der Waals surface area contributed by atoms with Gasteiger partial charge in [-0.3, -0.25) is 0 Å². The van der Waals surface area contributed by atoms with Crippen molar-refractivity contribution in [3.05, 3.63) is 83.4 Å². The van der Waals surface area contributed by atoms with E-state index >= 15 is 0 Å². The molecule has 0 aliphatic heterocycles. The topological polar surface area (TPSA) is 77.0 Å². The van der Waals surface area contributed by atoms with Crippen molar-refractivity contribution in [1.29, 1.82) is 0 Å². The summed E-state index contributed by atoms with van der Waals surface area (Å²) in [5, 5.41) is 12.4.